The van der Waals surface area contributed by atoms with E-state index in [1.807, 2.05) is 4.90 Å². The van der Waals surface area contributed by atoms with Gasteiger partial charge in [-0.25, -0.2) is 0 Å². The van der Waals surface area contributed by atoms with Crippen molar-refractivity contribution in [3.05, 3.63) is 24.3 Å². The Morgan fingerprint density at radius 3 is 2.35 bits per heavy atom. The van der Waals surface area contributed by atoms with Crippen molar-refractivity contribution in [3.8, 4) is 0 Å². The van der Waals surface area contributed by atoms with Gasteiger partial charge in [-0.2, -0.15) is 0 Å². The fourth-order valence-electron chi connectivity index (χ4n) is 3.04. The van der Waals surface area contributed by atoms with Crippen molar-refractivity contribution in [2.75, 3.05) is 23.7 Å². The summed E-state index contributed by atoms with van der Waals surface area (Å²) in [5.74, 6) is -0.553. The number of hydrogen-bond acceptors (Lipinski definition) is 3. The number of amides is 3. The standard InChI is InChI=1S/C17H21N3O3/c1-11(21)18-12-5-4-6-13(9-12)19-16(22)14-10-15(14)17(23)20-7-2-3-8-20/h4-6,9,14-15H,2-3,7-8,10H2,1H3,(H,18,21)(H,19,22). The number of carbonyl (C=O) groups is 3. The number of likely N-dealkylation sites (tertiary alicyclic amines) is 1. The van der Waals surface area contributed by atoms with Crippen LogP contribution >= 0.6 is 0 Å². The van der Waals surface area contributed by atoms with E-state index in [1.54, 1.807) is 24.3 Å². The normalized spacial score (nSPS) is 22.6. The van der Waals surface area contributed by atoms with Crippen molar-refractivity contribution in [2.45, 2.75) is 26.2 Å². The Morgan fingerprint density at radius 1 is 1.04 bits per heavy atom. The summed E-state index contributed by atoms with van der Waals surface area (Å²) in [6, 6.07) is 7.00. The first kappa shape index (κ1) is 15.5. The van der Waals surface area contributed by atoms with Gasteiger partial charge in [0, 0.05) is 31.4 Å². The molecule has 0 aromatic heterocycles. The van der Waals surface area contributed by atoms with Crippen LogP contribution in [0.15, 0.2) is 24.3 Å². The summed E-state index contributed by atoms with van der Waals surface area (Å²) >= 11 is 0. The minimum absolute atomic E-state index is 0.120. The zero-order valence-electron chi connectivity index (χ0n) is 13.2. The molecule has 2 atom stereocenters. The van der Waals surface area contributed by atoms with Gasteiger partial charge in [-0.05, 0) is 37.5 Å². The Kier molecular flexibility index (Phi) is 4.32. The minimum Gasteiger partial charge on any atom is -0.342 e. The second-order valence-electron chi connectivity index (χ2n) is 6.23. The van der Waals surface area contributed by atoms with Crippen LogP contribution in [0.1, 0.15) is 26.2 Å². The molecular formula is C17H21N3O3. The predicted molar refractivity (Wildman–Crippen MR) is 86.8 cm³/mol. The minimum atomic E-state index is -0.229. The fourth-order valence-corrected chi connectivity index (χ4v) is 3.04. The van der Waals surface area contributed by atoms with Crippen molar-refractivity contribution in [2.24, 2.45) is 11.8 Å². The van der Waals surface area contributed by atoms with Crippen LogP contribution in [0.5, 0.6) is 0 Å². The maximum Gasteiger partial charge on any atom is 0.228 e. The number of hydrogen-bond donors (Lipinski definition) is 2. The molecule has 0 spiro atoms. The number of anilines is 2. The molecule has 1 heterocycles. The molecule has 3 amide bonds. The smallest absolute Gasteiger partial charge is 0.228 e. The number of rotatable bonds is 4. The molecule has 2 fully saturated rings. The maximum absolute atomic E-state index is 12.3. The summed E-state index contributed by atoms with van der Waals surface area (Å²) in [5, 5.41) is 5.51. The Hall–Kier alpha value is -2.37. The van der Waals surface area contributed by atoms with E-state index in [0.29, 0.717) is 17.8 Å². The van der Waals surface area contributed by atoms with Crippen molar-refractivity contribution in [1.29, 1.82) is 0 Å². The molecule has 2 N–H and O–H groups in total. The van der Waals surface area contributed by atoms with E-state index in [4.69, 9.17) is 0 Å². The van der Waals surface area contributed by atoms with Crippen LogP contribution < -0.4 is 10.6 Å². The van der Waals surface area contributed by atoms with E-state index in [-0.39, 0.29) is 29.6 Å². The van der Waals surface area contributed by atoms with Crippen molar-refractivity contribution >= 4 is 29.1 Å². The summed E-state index contributed by atoms with van der Waals surface area (Å²) in [6.45, 7) is 3.08. The van der Waals surface area contributed by atoms with Crippen LogP contribution in [0.25, 0.3) is 0 Å². The third kappa shape index (κ3) is 3.70. The van der Waals surface area contributed by atoms with Crippen molar-refractivity contribution in [3.63, 3.8) is 0 Å². The molecular weight excluding hydrogens is 294 g/mol. The van der Waals surface area contributed by atoms with Gasteiger partial charge in [0.2, 0.25) is 17.7 Å². The van der Waals surface area contributed by atoms with Gasteiger partial charge in [-0.1, -0.05) is 6.07 Å². The number of nitrogens with one attached hydrogen (secondary N) is 2. The van der Waals surface area contributed by atoms with Gasteiger partial charge in [0.1, 0.15) is 0 Å². The molecule has 1 saturated carbocycles. The molecule has 0 bridgehead atoms. The van der Waals surface area contributed by atoms with E-state index in [1.165, 1.54) is 6.92 Å². The molecule has 2 unspecified atom stereocenters. The molecule has 1 aromatic rings. The fraction of sp³-hybridized carbons (Fsp3) is 0.471. The van der Waals surface area contributed by atoms with Crippen LogP contribution in [0, 0.1) is 11.8 Å². The monoisotopic (exact) mass is 315 g/mol. The third-order valence-corrected chi connectivity index (χ3v) is 4.31. The average Bonchev–Trinajstić information content (AvgIpc) is 3.12. The van der Waals surface area contributed by atoms with E-state index in [2.05, 4.69) is 10.6 Å². The molecule has 23 heavy (non-hydrogen) atoms. The highest BCUT2D eigenvalue weighted by Crippen LogP contribution is 2.41. The molecule has 6 heteroatoms. The molecule has 122 valence electrons. The SMILES string of the molecule is CC(=O)Nc1cccc(NC(=O)C2CC2C(=O)N2CCCC2)c1. The van der Waals surface area contributed by atoms with E-state index in [0.717, 1.165) is 25.9 Å². The van der Waals surface area contributed by atoms with Crippen molar-refractivity contribution < 1.29 is 14.4 Å². The summed E-state index contributed by atoms with van der Waals surface area (Å²) in [7, 11) is 0. The second kappa shape index (κ2) is 6.40. The first-order valence-corrected chi connectivity index (χ1v) is 8.02. The molecule has 1 saturated heterocycles. The van der Waals surface area contributed by atoms with Gasteiger partial charge in [0.05, 0.1) is 11.8 Å². The van der Waals surface area contributed by atoms with E-state index < -0.39 is 0 Å². The summed E-state index contributed by atoms with van der Waals surface area (Å²) in [4.78, 5) is 37.5. The Bertz CT molecular complexity index is 638. The lowest BCUT2D eigenvalue weighted by atomic mass is 10.2. The zero-order valence-corrected chi connectivity index (χ0v) is 13.2. The van der Waals surface area contributed by atoms with Crippen LogP contribution in [0.4, 0.5) is 11.4 Å². The Balaban J connectivity index is 1.56. The van der Waals surface area contributed by atoms with Crippen LogP contribution in [-0.4, -0.2) is 35.7 Å². The van der Waals surface area contributed by atoms with Gasteiger partial charge in [0.25, 0.3) is 0 Å². The second-order valence-corrected chi connectivity index (χ2v) is 6.23. The molecule has 1 aliphatic carbocycles. The molecule has 6 nitrogen and oxygen atoms in total. The van der Waals surface area contributed by atoms with Crippen LogP contribution in [0.3, 0.4) is 0 Å². The topological polar surface area (TPSA) is 78.5 Å². The van der Waals surface area contributed by atoms with Crippen LogP contribution in [-0.2, 0) is 14.4 Å². The highest BCUT2D eigenvalue weighted by molar-refractivity contribution is 6.00. The highest BCUT2D eigenvalue weighted by Gasteiger charge is 2.49. The number of benzene rings is 1. The molecule has 2 aliphatic rings. The number of carbonyl (C=O) groups excluding carboxylic acids is 3. The highest BCUT2D eigenvalue weighted by atomic mass is 16.2. The summed E-state index contributed by atoms with van der Waals surface area (Å²) < 4.78 is 0. The lowest BCUT2D eigenvalue weighted by Crippen LogP contribution is -2.30. The lowest BCUT2D eigenvalue weighted by molar-refractivity contribution is -0.133. The quantitative estimate of drug-likeness (QED) is 0.890. The third-order valence-electron chi connectivity index (χ3n) is 4.31. The van der Waals surface area contributed by atoms with E-state index in [9.17, 15) is 14.4 Å². The summed E-state index contributed by atoms with van der Waals surface area (Å²) in [6.07, 6.45) is 2.75. The van der Waals surface area contributed by atoms with Gasteiger partial charge < -0.3 is 15.5 Å². The number of nitrogens with zero attached hydrogens (tertiary/aromatic N) is 1. The first-order chi connectivity index (χ1) is 11.0. The Labute approximate surface area is 135 Å². The molecule has 3 rings (SSSR count). The van der Waals surface area contributed by atoms with Gasteiger partial charge >= 0.3 is 0 Å². The maximum atomic E-state index is 12.3. The molecule has 1 aromatic carbocycles. The zero-order chi connectivity index (χ0) is 16.4. The van der Waals surface area contributed by atoms with Crippen molar-refractivity contribution in [1.82, 2.24) is 4.90 Å². The largest absolute Gasteiger partial charge is 0.342 e. The van der Waals surface area contributed by atoms with Crippen LogP contribution in [0.2, 0.25) is 0 Å². The van der Waals surface area contributed by atoms with Gasteiger partial charge in [-0.3, -0.25) is 14.4 Å². The molecule has 0 radical (unpaired) electrons. The Morgan fingerprint density at radius 2 is 1.70 bits per heavy atom. The van der Waals surface area contributed by atoms with Gasteiger partial charge in [-0.15, -0.1) is 0 Å². The predicted octanol–water partition coefficient (Wildman–Crippen LogP) is 1.84. The van der Waals surface area contributed by atoms with E-state index >= 15 is 0 Å². The molecule has 1 aliphatic heterocycles. The average molecular weight is 315 g/mol. The lowest BCUT2D eigenvalue weighted by Gasteiger charge is -2.15. The summed E-state index contributed by atoms with van der Waals surface area (Å²) in [5.41, 5.74) is 1.26. The first-order valence-electron chi connectivity index (χ1n) is 8.02. The van der Waals surface area contributed by atoms with Gasteiger partial charge in [0.15, 0.2) is 0 Å².